The van der Waals surface area contributed by atoms with E-state index in [9.17, 15) is 4.79 Å². The number of hydrogen-bond acceptors (Lipinski definition) is 2. The quantitative estimate of drug-likeness (QED) is 0.589. The summed E-state index contributed by atoms with van der Waals surface area (Å²) in [5.41, 5.74) is 1.91. The van der Waals surface area contributed by atoms with Gasteiger partial charge >= 0.3 is 5.97 Å². The molecule has 0 radical (unpaired) electrons. The van der Waals surface area contributed by atoms with E-state index >= 15 is 0 Å². The van der Waals surface area contributed by atoms with Crippen molar-refractivity contribution in [1.29, 1.82) is 0 Å². The zero-order valence-electron chi connectivity index (χ0n) is 8.73. The number of benzene rings is 1. The predicted molar refractivity (Wildman–Crippen MR) is 72.1 cm³/mol. The van der Waals surface area contributed by atoms with Crippen LogP contribution in [0.5, 0.6) is 0 Å². The van der Waals surface area contributed by atoms with Gasteiger partial charge in [0.25, 0.3) is 0 Å². The number of halogens is 3. The van der Waals surface area contributed by atoms with Crippen molar-refractivity contribution < 1.29 is 9.53 Å². The highest BCUT2D eigenvalue weighted by atomic mass is 79.9. The number of ether oxygens (including phenoxy) is 1. The Hall–Kier alpha value is -0.0600. The summed E-state index contributed by atoms with van der Waals surface area (Å²) in [6, 6.07) is 3.60. The van der Waals surface area contributed by atoms with Crippen LogP contribution in [0, 0.1) is 0 Å². The lowest BCUT2D eigenvalue weighted by Crippen LogP contribution is -2.09. The lowest BCUT2D eigenvalue weighted by Gasteiger charge is -2.09. The van der Waals surface area contributed by atoms with E-state index in [-0.39, 0.29) is 12.4 Å². The van der Waals surface area contributed by atoms with Gasteiger partial charge < -0.3 is 4.74 Å². The van der Waals surface area contributed by atoms with Crippen LogP contribution in [0.2, 0.25) is 5.02 Å². The van der Waals surface area contributed by atoms with Crippen molar-refractivity contribution in [3.8, 4) is 0 Å². The first-order valence-electron chi connectivity index (χ1n) is 4.76. The first-order chi connectivity index (χ1) is 7.58. The first-order valence-corrected chi connectivity index (χ1v) is 7.06. The molecule has 0 N–H and O–H groups in total. The van der Waals surface area contributed by atoms with E-state index in [0.29, 0.717) is 17.0 Å². The number of rotatable bonds is 4. The minimum absolute atomic E-state index is 0.237. The van der Waals surface area contributed by atoms with Gasteiger partial charge in [-0.2, -0.15) is 0 Å². The number of hydrogen-bond donors (Lipinski definition) is 0. The fourth-order valence-electron chi connectivity index (χ4n) is 1.33. The third-order valence-corrected chi connectivity index (χ3v) is 3.51. The molecule has 0 atom stereocenters. The molecule has 1 aromatic carbocycles. The molecule has 1 rings (SSSR count). The van der Waals surface area contributed by atoms with Crippen molar-refractivity contribution >= 4 is 49.4 Å². The molecule has 0 heterocycles. The van der Waals surface area contributed by atoms with Crippen molar-refractivity contribution in [3.63, 3.8) is 0 Å². The summed E-state index contributed by atoms with van der Waals surface area (Å²) in [5, 5.41) is 1.27. The van der Waals surface area contributed by atoms with Crippen molar-refractivity contribution in [1.82, 2.24) is 0 Å². The van der Waals surface area contributed by atoms with Crippen LogP contribution in [0.4, 0.5) is 0 Å². The molecule has 0 fully saturated rings. The highest BCUT2D eigenvalue weighted by Gasteiger charge is 2.12. The fourth-order valence-corrected chi connectivity index (χ4v) is 3.38. The third-order valence-electron chi connectivity index (χ3n) is 2.03. The molecule has 0 aliphatic rings. The molecule has 0 aromatic heterocycles. The summed E-state index contributed by atoms with van der Waals surface area (Å²) in [4.78, 5) is 11.4. The van der Waals surface area contributed by atoms with Crippen LogP contribution in [0.3, 0.4) is 0 Å². The lowest BCUT2D eigenvalue weighted by molar-refractivity contribution is -0.142. The van der Waals surface area contributed by atoms with Crippen molar-refractivity contribution in [2.45, 2.75) is 18.7 Å². The van der Waals surface area contributed by atoms with Crippen molar-refractivity contribution in [2.75, 3.05) is 6.61 Å². The molecule has 0 unspecified atom stereocenters. The maximum atomic E-state index is 11.4. The van der Waals surface area contributed by atoms with E-state index in [1.165, 1.54) is 0 Å². The van der Waals surface area contributed by atoms with E-state index in [4.69, 9.17) is 16.3 Å². The van der Waals surface area contributed by atoms with E-state index in [0.717, 1.165) is 15.6 Å². The topological polar surface area (TPSA) is 26.3 Å². The van der Waals surface area contributed by atoms with Gasteiger partial charge in [-0.15, -0.1) is 0 Å². The molecular formula is C11H11Br2ClO2. The number of alkyl halides is 1. The second-order valence-corrected chi connectivity index (χ2v) is 4.99. The summed E-state index contributed by atoms with van der Waals surface area (Å²) in [6.45, 7) is 2.18. The summed E-state index contributed by atoms with van der Waals surface area (Å²) in [6.07, 6.45) is 0.244. The van der Waals surface area contributed by atoms with Gasteiger partial charge in [-0.25, -0.2) is 0 Å². The average Bonchev–Trinajstić information content (AvgIpc) is 2.17. The van der Waals surface area contributed by atoms with Crippen LogP contribution >= 0.6 is 43.5 Å². The molecule has 0 saturated heterocycles. The molecule has 5 heteroatoms. The second-order valence-electron chi connectivity index (χ2n) is 3.14. The molecule has 1 aromatic rings. The predicted octanol–water partition coefficient (Wildman–Crippen LogP) is 4.10. The Balaban J connectivity index is 2.97. The maximum absolute atomic E-state index is 11.4. The highest BCUT2D eigenvalue weighted by molar-refractivity contribution is 9.10. The van der Waals surface area contributed by atoms with Crippen LogP contribution < -0.4 is 0 Å². The molecule has 16 heavy (non-hydrogen) atoms. The van der Waals surface area contributed by atoms with Gasteiger partial charge in [0.1, 0.15) is 0 Å². The Morgan fingerprint density at radius 2 is 2.19 bits per heavy atom. The number of esters is 1. The Labute approximate surface area is 117 Å². The van der Waals surface area contributed by atoms with E-state index < -0.39 is 0 Å². The molecule has 0 bridgehead atoms. The smallest absolute Gasteiger partial charge is 0.310 e. The Kier molecular flexibility index (Phi) is 5.79. The van der Waals surface area contributed by atoms with Crippen LogP contribution in [0.15, 0.2) is 16.6 Å². The van der Waals surface area contributed by atoms with Gasteiger partial charge in [0.05, 0.1) is 13.0 Å². The molecular weight excluding hydrogens is 359 g/mol. The second kappa shape index (κ2) is 6.62. The van der Waals surface area contributed by atoms with Crippen LogP contribution in [-0.4, -0.2) is 12.6 Å². The maximum Gasteiger partial charge on any atom is 0.310 e. The standard InChI is InChI=1S/C11H11Br2ClO2/c1-2-16-11(15)4-7-3-8(14)5-10(13)9(7)6-12/h3,5H,2,4,6H2,1H3. The van der Waals surface area contributed by atoms with Gasteiger partial charge in [-0.1, -0.05) is 43.5 Å². The SMILES string of the molecule is CCOC(=O)Cc1cc(Cl)cc(Br)c1CBr. The fraction of sp³-hybridized carbons (Fsp3) is 0.364. The normalized spacial score (nSPS) is 10.2. The minimum Gasteiger partial charge on any atom is -0.466 e. The monoisotopic (exact) mass is 368 g/mol. The summed E-state index contributed by atoms with van der Waals surface area (Å²) in [5.74, 6) is -0.237. The van der Waals surface area contributed by atoms with Crippen LogP contribution in [-0.2, 0) is 21.3 Å². The van der Waals surface area contributed by atoms with Crippen molar-refractivity contribution in [3.05, 3.63) is 32.8 Å². The Bertz CT molecular complexity index is 394. The van der Waals surface area contributed by atoms with E-state index in [1.807, 2.05) is 6.07 Å². The zero-order valence-corrected chi connectivity index (χ0v) is 12.7. The third kappa shape index (κ3) is 3.75. The van der Waals surface area contributed by atoms with Crippen molar-refractivity contribution in [2.24, 2.45) is 0 Å². The van der Waals surface area contributed by atoms with Gasteiger partial charge in [0.2, 0.25) is 0 Å². The summed E-state index contributed by atoms with van der Waals surface area (Å²) >= 11 is 12.8. The molecule has 0 spiro atoms. The lowest BCUT2D eigenvalue weighted by atomic mass is 10.1. The van der Waals surface area contributed by atoms with Gasteiger partial charge in [0.15, 0.2) is 0 Å². The van der Waals surface area contributed by atoms with Gasteiger partial charge in [0, 0.05) is 14.8 Å². The Morgan fingerprint density at radius 1 is 1.50 bits per heavy atom. The number of carbonyl (C=O) groups is 1. The zero-order chi connectivity index (χ0) is 12.1. The number of carbonyl (C=O) groups excluding carboxylic acids is 1. The van der Waals surface area contributed by atoms with Gasteiger partial charge in [-0.3, -0.25) is 4.79 Å². The molecule has 0 aliphatic carbocycles. The van der Waals surface area contributed by atoms with Crippen LogP contribution in [0.25, 0.3) is 0 Å². The molecule has 0 saturated carbocycles. The molecule has 0 amide bonds. The van der Waals surface area contributed by atoms with E-state index in [2.05, 4.69) is 31.9 Å². The molecule has 88 valence electrons. The largest absolute Gasteiger partial charge is 0.466 e. The highest BCUT2D eigenvalue weighted by Crippen LogP contribution is 2.28. The summed E-state index contributed by atoms with van der Waals surface area (Å²) in [7, 11) is 0. The molecule has 2 nitrogen and oxygen atoms in total. The van der Waals surface area contributed by atoms with E-state index in [1.54, 1.807) is 13.0 Å². The molecule has 0 aliphatic heterocycles. The first kappa shape index (κ1) is 14.0. The van der Waals surface area contributed by atoms with Gasteiger partial charge in [-0.05, 0) is 30.2 Å². The Morgan fingerprint density at radius 3 is 2.75 bits per heavy atom. The summed E-state index contributed by atoms with van der Waals surface area (Å²) < 4.78 is 5.81. The van der Waals surface area contributed by atoms with Crippen LogP contribution in [0.1, 0.15) is 18.1 Å². The average molecular weight is 370 g/mol. The minimum atomic E-state index is -0.237.